The Morgan fingerprint density at radius 2 is 2.00 bits per heavy atom. The van der Waals surface area contributed by atoms with Crippen LogP contribution in [0.1, 0.15) is 11.3 Å². The molecule has 0 fully saturated rings. The van der Waals surface area contributed by atoms with Crippen LogP contribution < -0.4 is 11.1 Å². The Labute approximate surface area is 177 Å². The van der Waals surface area contributed by atoms with Gasteiger partial charge in [-0.05, 0) is 48.2 Å². The molecule has 8 heteroatoms. The van der Waals surface area contributed by atoms with E-state index < -0.39 is 0 Å². The lowest BCUT2D eigenvalue weighted by molar-refractivity contribution is 0.897. The van der Waals surface area contributed by atoms with E-state index in [0.29, 0.717) is 24.0 Å². The summed E-state index contributed by atoms with van der Waals surface area (Å²) in [6.45, 7) is 2.56. The average Bonchev–Trinajstić information content (AvgIpc) is 3.41. The molecule has 0 radical (unpaired) electrons. The predicted molar refractivity (Wildman–Crippen MR) is 121 cm³/mol. The minimum atomic E-state index is 0.491. The number of thiophene rings is 1. The lowest BCUT2D eigenvalue weighted by Gasteiger charge is -2.07. The van der Waals surface area contributed by atoms with Crippen molar-refractivity contribution in [2.45, 2.75) is 13.5 Å². The third kappa shape index (κ3) is 3.37. The molecule has 7 nitrogen and oxygen atoms in total. The molecule has 5 aromatic rings. The number of anilines is 2. The minimum absolute atomic E-state index is 0.491. The highest BCUT2D eigenvalue weighted by Gasteiger charge is 2.19. The standard InChI is InChI=1S/C22H19N7S/c1-14-6-4-8-16(12-14)29-20(23)18-19(17-9-5-11-30-17)26-22(27-21(18)28-29)25-13-15-7-2-3-10-24-15/h2-12H,13,23H2,1H3,(H,25,27,28). The summed E-state index contributed by atoms with van der Waals surface area (Å²) >= 11 is 1.61. The number of nitrogens with one attached hydrogen (secondary N) is 1. The van der Waals surface area contributed by atoms with Gasteiger partial charge in [-0.1, -0.05) is 24.3 Å². The molecule has 4 heterocycles. The van der Waals surface area contributed by atoms with E-state index in [-0.39, 0.29) is 0 Å². The van der Waals surface area contributed by atoms with Crippen LogP contribution in [0, 0.1) is 6.92 Å². The summed E-state index contributed by atoms with van der Waals surface area (Å²) in [6.07, 6.45) is 1.77. The molecule has 148 valence electrons. The lowest BCUT2D eigenvalue weighted by atomic mass is 10.2. The number of hydrogen-bond acceptors (Lipinski definition) is 7. The van der Waals surface area contributed by atoms with Gasteiger partial charge in [0.05, 0.1) is 33.9 Å². The quantitative estimate of drug-likeness (QED) is 0.442. The summed E-state index contributed by atoms with van der Waals surface area (Å²) in [4.78, 5) is 14.8. The van der Waals surface area contributed by atoms with Crippen molar-refractivity contribution in [1.82, 2.24) is 24.7 Å². The summed E-state index contributed by atoms with van der Waals surface area (Å²) in [6, 6.07) is 17.9. The topological polar surface area (TPSA) is 94.5 Å². The van der Waals surface area contributed by atoms with Gasteiger partial charge < -0.3 is 11.1 Å². The second kappa shape index (κ2) is 7.57. The van der Waals surface area contributed by atoms with E-state index in [1.54, 1.807) is 22.2 Å². The summed E-state index contributed by atoms with van der Waals surface area (Å²) < 4.78 is 1.73. The lowest BCUT2D eigenvalue weighted by Crippen LogP contribution is -2.05. The molecule has 0 saturated carbocycles. The molecule has 5 rings (SSSR count). The smallest absolute Gasteiger partial charge is 0.225 e. The largest absolute Gasteiger partial charge is 0.383 e. The fourth-order valence-electron chi connectivity index (χ4n) is 3.31. The zero-order chi connectivity index (χ0) is 20.5. The van der Waals surface area contributed by atoms with E-state index in [1.165, 1.54) is 0 Å². The zero-order valence-electron chi connectivity index (χ0n) is 16.3. The summed E-state index contributed by atoms with van der Waals surface area (Å²) in [5, 5.41) is 10.7. The molecule has 0 amide bonds. The molecule has 0 aliphatic heterocycles. The second-order valence-corrected chi connectivity index (χ2v) is 7.83. The normalized spacial score (nSPS) is 11.1. The first-order chi connectivity index (χ1) is 14.7. The molecule has 0 bridgehead atoms. The number of nitrogens with two attached hydrogens (primary N) is 1. The van der Waals surface area contributed by atoms with Crippen LogP contribution in [0.15, 0.2) is 66.2 Å². The zero-order valence-corrected chi connectivity index (χ0v) is 17.1. The van der Waals surface area contributed by atoms with Crippen molar-refractivity contribution in [3.63, 3.8) is 0 Å². The summed E-state index contributed by atoms with van der Waals surface area (Å²) in [5.74, 6) is 1.01. The van der Waals surface area contributed by atoms with Crippen LogP contribution in [0.5, 0.6) is 0 Å². The van der Waals surface area contributed by atoms with Gasteiger partial charge in [-0.2, -0.15) is 4.98 Å². The van der Waals surface area contributed by atoms with Crippen molar-refractivity contribution in [2.24, 2.45) is 0 Å². The van der Waals surface area contributed by atoms with Crippen molar-refractivity contribution >= 4 is 34.1 Å². The highest BCUT2D eigenvalue weighted by molar-refractivity contribution is 7.13. The van der Waals surface area contributed by atoms with E-state index in [0.717, 1.165) is 32.9 Å². The molecule has 1 aromatic carbocycles. The molecule has 4 aromatic heterocycles. The average molecular weight is 414 g/mol. The maximum atomic E-state index is 6.54. The van der Waals surface area contributed by atoms with Crippen LogP contribution in [-0.2, 0) is 6.54 Å². The van der Waals surface area contributed by atoms with Crippen LogP contribution in [0.4, 0.5) is 11.8 Å². The van der Waals surface area contributed by atoms with Crippen molar-refractivity contribution in [2.75, 3.05) is 11.1 Å². The van der Waals surface area contributed by atoms with Crippen LogP contribution >= 0.6 is 11.3 Å². The van der Waals surface area contributed by atoms with Gasteiger partial charge in [0.1, 0.15) is 5.82 Å². The first kappa shape index (κ1) is 18.3. The van der Waals surface area contributed by atoms with Gasteiger partial charge in [0.25, 0.3) is 0 Å². The summed E-state index contributed by atoms with van der Waals surface area (Å²) in [7, 11) is 0. The van der Waals surface area contributed by atoms with E-state index in [9.17, 15) is 0 Å². The Hall–Kier alpha value is -3.78. The maximum absolute atomic E-state index is 6.54. The first-order valence-electron chi connectivity index (χ1n) is 9.50. The van der Waals surface area contributed by atoms with Gasteiger partial charge in [0.2, 0.25) is 5.95 Å². The van der Waals surface area contributed by atoms with Crippen LogP contribution in [-0.4, -0.2) is 24.7 Å². The number of fused-ring (bicyclic) bond motifs is 1. The van der Waals surface area contributed by atoms with Gasteiger partial charge in [-0.25, -0.2) is 9.67 Å². The molecular formula is C22H19N7S. The van der Waals surface area contributed by atoms with Crippen molar-refractivity contribution in [3.05, 3.63) is 77.4 Å². The Morgan fingerprint density at radius 3 is 2.77 bits per heavy atom. The molecule has 0 spiro atoms. The maximum Gasteiger partial charge on any atom is 0.225 e. The monoisotopic (exact) mass is 413 g/mol. The molecule has 0 unspecified atom stereocenters. The number of aromatic nitrogens is 5. The fraction of sp³-hybridized carbons (Fsp3) is 0.0909. The summed E-state index contributed by atoms with van der Waals surface area (Å²) in [5.41, 5.74) is 10.8. The van der Waals surface area contributed by atoms with Crippen LogP contribution in [0.3, 0.4) is 0 Å². The number of nitrogen functional groups attached to an aromatic ring is 1. The molecule has 3 N–H and O–H groups in total. The van der Waals surface area contributed by atoms with Gasteiger partial charge in [-0.3, -0.25) is 4.98 Å². The van der Waals surface area contributed by atoms with Gasteiger partial charge >= 0.3 is 0 Å². The Bertz CT molecular complexity index is 1310. The molecule has 0 aliphatic carbocycles. The Kier molecular flexibility index (Phi) is 4.61. The Balaban J connectivity index is 1.63. The number of rotatable bonds is 5. The minimum Gasteiger partial charge on any atom is -0.383 e. The second-order valence-electron chi connectivity index (χ2n) is 6.88. The van der Waals surface area contributed by atoms with E-state index >= 15 is 0 Å². The highest BCUT2D eigenvalue weighted by Crippen LogP contribution is 2.34. The van der Waals surface area contributed by atoms with Gasteiger partial charge in [0.15, 0.2) is 5.65 Å². The highest BCUT2D eigenvalue weighted by atomic mass is 32.1. The third-order valence-corrected chi connectivity index (χ3v) is 5.60. The molecule has 0 atom stereocenters. The number of pyridine rings is 1. The van der Waals surface area contributed by atoms with Crippen molar-refractivity contribution in [3.8, 4) is 16.3 Å². The van der Waals surface area contributed by atoms with Crippen LogP contribution in [0.2, 0.25) is 0 Å². The fourth-order valence-corrected chi connectivity index (χ4v) is 4.03. The van der Waals surface area contributed by atoms with Crippen molar-refractivity contribution in [1.29, 1.82) is 0 Å². The van der Waals surface area contributed by atoms with Crippen molar-refractivity contribution < 1.29 is 0 Å². The SMILES string of the molecule is Cc1cccc(-n2nc3nc(NCc4ccccn4)nc(-c4cccs4)c3c2N)c1. The predicted octanol–water partition coefficient (Wildman–Crippen LogP) is 4.44. The van der Waals surface area contributed by atoms with Gasteiger partial charge in [-0.15, -0.1) is 16.4 Å². The molecular weight excluding hydrogens is 394 g/mol. The number of benzene rings is 1. The number of hydrogen-bond donors (Lipinski definition) is 2. The van der Waals surface area contributed by atoms with Gasteiger partial charge in [0, 0.05) is 6.20 Å². The molecule has 30 heavy (non-hydrogen) atoms. The van der Waals surface area contributed by atoms with E-state index in [1.807, 2.05) is 66.9 Å². The third-order valence-electron chi connectivity index (χ3n) is 4.72. The molecule has 0 saturated heterocycles. The number of nitrogens with zero attached hydrogens (tertiary/aromatic N) is 5. The first-order valence-corrected chi connectivity index (χ1v) is 10.4. The van der Waals surface area contributed by atoms with Crippen LogP contribution in [0.25, 0.3) is 27.3 Å². The van der Waals surface area contributed by atoms with E-state index in [4.69, 9.17) is 15.8 Å². The van der Waals surface area contributed by atoms with E-state index in [2.05, 4.69) is 15.3 Å². The molecule has 0 aliphatic rings. The Morgan fingerprint density at radius 1 is 1.07 bits per heavy atom. The number of aryl methyl sites for hydroxylation is 1.